The molecule has 94 valence electrons. The number of aliphatic hydroxyl groups excluding tert-OH is 1. The van der Waals surface area contributed by atoms with E-state index < -0.39 is 47.7 Å². The lowest BCUT2D eigenvalue weighted by atomic mass is 9.67. The molecule has 0 radical (unpaired) electrons. The van der Waals surface area contributed by atoms with Gasteiger partial charge in [-0.05, 0) is 13.3 Å². The molecule has 1 aliphatic carbocycles. The van der Waals surface area contributed by atoms with Gasteiger partial charge in [0.25, 0.3) is 0 Å². The first-order valence-corrected chi connectivity index (χ1v) is 5.56. The molecule has 1 saturated carbocycles. The van der Waals surface area contributed by atoms with E-state index in [0.717, 1.165) is 0 Å². The van der Waals surface area contributed by atoms with Crippen molar-refractivity contribution in [3.05, 3.63) is 0 Å². The quantitative estimate of drug-likeness (QED) is 0.606. The Labute approximate surface area is 97.6 Å². The molecule has 0 spiro atoms. The van der Waals surface area contributed by atoms with Gasteiger partial charge in [-0.1, -0.05) is 0 Å². The van der Waals surface area contributed by atoms with Crippen LogP contribution in [0.4, 0.5) is 0 Å². The summed E-state index contributed by atoms with van der Waals surface area (Å²) in [5.74, 6) is -4.92. The third-order valence-electron chi connectivity index (χ3n) is 3.56. The van der Waals surface area contributed by atoms with Gasteiger partial charge in [0, 0.05) is 12.3 Å². The largest absolute Gasteiger partial charge is 0.481 e. The number of aliphatic carboxylic acids is 1. The van der Waals surface area contributed by atoms with Gasteiger partial charge >= 0.3 is 11.9 Å². The zero-order chi connectivity index (χ0) is 12.7. The third-order valence-corrected chi connectivity index (χ3v) is 3.56. The smallest absolute Gasteiger partial charge is 0.310 e. The Balaban J connectivity index is 2.33. The first-order chi connectivity index (χ1) is 7.91. The molecule has 2 fully saturated rings. The van der Waals surface area contributed by atoms with Gasteiger partial charge in [-0.25, -0.2) is 0 Å². The van der Waals surface area contributed by atoms with E-state index in [1.165, 1.54) is 0 Å². The average Bonchev–Trinajstić information content (AvgIpc) is 2.23. The normalized spacial score (nSPS) is 41.6. The van der Waals surface area contributed by atoms with Gasteiger partial charge in [0.05, 0.1) is 17.9 Å². The van der Waals surface area contributed by atoms with Crippen LogP contribution in [0.15, 0.2) is 0 Å². The van der Waals surface area contributed by atoms with E-state index in [1.54, 1.807) is 6.92 Å². The number of carboxylic acids is 1. The molecule has 6 heteroatoms. The Morgan fingerprint density at radius 2 is 2.06 bits per heavy atom. The molecule has 0 aromatic carbocycles. The van der Waals surface area contributed by atoms with Crippen molar-refractivity contribution >= 4 is 17.7 Å². The van der Waals surface area contributed by atoms with Gasteiger partial charge in [0.15, 0.2) is 5.78 Å². The summed E-state index contributed by atoms with van der Waals surface area (Å²) in [6, 6.07) is 0. The van der Waals surface area contributed by atoms with E-state index in [0.29, 0.717) is 6.42 Å². The van der Waals surface area contributed by atoms with E-state index in [1.807, 2.05) is 0 Å². The van der Waals surface area contributed by atoms with Gasteiger partial charge in [0.1, 0.15) is 6.10 Å². The van der Waals surface area contributed by atoms with Gasteiger partial charge in [-0.2, -0.15) is 0 Å². The first-order valence-electron chi connectivity index (χ1n) is 5.56. The summed E-state index contributed by atoms with van der Waals surface area (Å²) in [5.41, 5.74) is 0. The van der Waals surface area contributed by atoms with E-state index in [2.05, 4.69) is 0 Å². The minimum absolute atomic E-state index is 0.304. The number of esters is 1. The Morgan fingerprint density at radius 3 is 2.65 bits per heavy atom. The standard InChI is InChI=1S/C11H14O6/c1-4-2-5-8(11(16)17-4)6(10(14)15)3-7(12)9(5)13/h4-6,8-9,13H,2-3H2,1H3,(H,14,15)/t4-,5+,6-,8-,9-/m1/s1. The van der Waals surface area contributed by atoms with Crippen LogP contribution in [0.2, 0.25) is 0 Å². The van der Waals surface area contributed by atoms with Crippen LogP contribution in [0, 0.1) is 17.8 Å². The number of Topliss-reactive ketones (excluding diaryl/α,β-unsaturated/α-hetero) is 1. The maximum Gasteiger partial charge on any atom is 0.310 e. The van der Waals surface area contributed by atoms with Crippen molar-refractivity contribution in [3.8, 4) is 0 Å². The summed E-state index contributed by atoms with van der Waals surface area (Å²) < 4.78 is 4.99. The average molecular weight is 242 g/mol. The number of carbonyl (C=O) groups excluding carboxylic acids is 2. The fourth-order valence-electron chi connectivity index (χ4n) is 2.76. The molecule has 0 aromatic rings. The molecule has 2 aliphatic rings. The van der Waals surface area contributed by atoms with E-state index >= 15 is 0 Å². The summed E-state index contributed by atoms with van der Waals surface area (Å²) in [6.45, 7) is 1.66. The van der Waals surface area contributed by atoms with Crippen LogP contribution < -0.4 is 0 Å². The lowest BCUT2D eigenvalue weighted by molar-refractivity contribution is -0.183. The molecule has 0 aromatic heterocycles. The highest BCUT2D eigenvalue weighted by Gasteiger charge is 2.53. The van der Waals surface area contributed by atoms with Crippen molar-refractivity contribution in [1.82, 2.24) is 0 Å². The van der Waals surface area contributed by atoms with Gasteiger partial charge < -0.3 is 14.9 Å². The van der Waals surface area contributed by atoms with Gasteiger partial charge in [-0.15, -0.1) is 0 Å². The van der Waals surface area contributed by atoms with Crippen molar-refractivity contribution < 1.29 is 29.3 Å². The number of cyclic esters (lactones) is 1. The number of ketones is 1. The second kappa shape index (κ2) is 4.10. The summed E-state index contributed by atoms with van der Waals surface area (Å²) in [5, 5.41) is 18.8. The summed E-state index contributed by atoms with van der Waals surface area (Å²) in [7, 11) is 0. The van der Waals surface area contributed by atoms with Crippen LogP contribution >= 0.6 is 0 Å². The number of rotatable bonds is 1. The Morgan fingerprint density at radius 1 is 1.41 bits per heavy atom. The molecular formula is C11H14O6. The first kappa shape index (κ1) is 12.0. The van der Waals surface area contributed by atoms with Crippen LogP contribution in [0.3, 0.4) is 0 Å². The Kier molecular flexibility index (Phi) is 2.91. The lowest BCUT2D eigenvalue weighted by Gasteiger charge is -2.41. The van der Waals surface area contributed by atoms with Gasteiger partial charge in [0.2, 0.25) is 0 Å². The molecule has 6 nitrogen and oxygen atoms in total. The van der Waals surface area contributed by atoms with E-state index in [4.69, 9.17) is 9.84 Å². The van der Waals surface area contributed by atoms with Crippen LogP contribution in [-0.4, -0.2) is 40.1 Å². The molecular weight excluding hydrogens is 228 g/mol. The Bertz CT molecular complexity index is 376. The number of carboxylic acid groups (broad SMARTS) is 1. The predicted molar refractivity (Wildman–Crippen MR) is 53.9 cm³/mol. The zero-order valence-electron chi connectivity index (χ0n) is 9.33. The second-order valence-electron chi connectivity index (χ2n) is 4.73. The van der Waals surface area contributed by atoms with Crippen molar-refractivity contribution in [2.24, 2.45) is 17.8 Å². The second-order valence-corrected chi connectivity index (χ2v) is 4.73. The minimum atomic E-state index is -1.24. The van der Waals surface area contributed by atoms with Crippen LogP contribution in [0.25, 0.3) is 0 Å². The number of hydrogen-bond donors (Lipinski definition) is 2. The highest BCUT2D eigenvalue weighted by molar-refractivity contribution is 5.93. The number of ether oxygens (including phenoxy) is 1. The predicted octanol–water partition coefficient (Wildman–Crippen LogP) is -0.411. The van der Waals surface area contributed by atoms with Crippen molar-refractivity contribution in [2.75, 3.05) is 0 Å². The fourth-order valence-corrected chi connectivity index (χ4v) is 2.76. The zero-order valence-corrected chi connectivity index (χ0v) is 9.33. The van der Waals surface area contributed by atoms with E-state index in [9.17, 15) is 19.5 Å². The third kappa shape index (κ3) is 1.93. The van der Waals surface area contributed by atoms with Crippen LogP contribution in [0.5, 0.6) is 0 Å². The molecule has 1 heterocycles. The topological polar surface area (TPSA) is 101 Å². The van der Waals surface area contributed by atoms with Crippen molar-refractivity contribution in [3.63, 3.8) is 0 Å². The Hall–Kier alpha value is -1.43. The summed E-state index contributed by atoms with van der Waals surface area (Å²) in [6.07, 6.45) is -1.61. The molecule has 5 atom stereocenters. The number of hydrogen-bond acceptors (Lipinski definition) is 5. The maximum absolute atomic E-state index is 11.7. The summed E-state index contributed by atoms with van der Waals surface area (Å²) in [4.78, 5) is 34.3. The highest BCUT2D eigenvalue weighted by Crippen LogP contribution is 2.40. The molecule has 0 bridgehead atoms. The number of fused-ring (bicyclic) bond motifs is 1. The molecule has 1 aliphatic heterocycles. The van der Waals surface area contributed by atoms with Crippen LogP contribution in [0.1, 0.15) is 19.8 Å². The maximum atomic E-state index is 11.7. The highest BCUT2D eigenvalue weighted by atomic mass is 16.5. The minimum Gasteiger partial charge on any atom is -0.481 e. The molecule has 1 saturated heterocycles. The molecule has 2 rings (SSSR count). The number of aliphatic hydroxyl groups is 1. The molecule has 17 heavy (non-hydrogen) atoms. The van der Waals surface area contributed by atoms with Crippen molar-refractivity contribution in [1.29, 1.82) is 0 Å². The van der Waals surface area contributed by atoms with Crippen molar-refractivity contribution in [2.45, 2.75) is 32.0 Å². The van der Waals surface area contributed by atoms with E-state index in [-0.39, 0.29) is 6.42 Å². The van der Waals surface area contributed by atoms with Gasteiger partial charge in [-0.3, -0.25) is 14.4 Å². The molecule has 0 amide bonds. The lowest BCUT2D eigenvalue weighted by Crippen LogP contribution is -2.54. The summed E-state index contributed by atoms with van der Waals surface area (Å²) >= 11 is 0. The van der Waals surface area contributed by atoms with Crippen LogP contribution in [-0.2, 0) is 19.1 Å². The SMILES string of the molecule is C[C@@H]1C[C@H]2[C@@H](C(=O)O1)[C@H](C(=O)O)CC(=O)[C@@H]2O. The molecule has 2 N–H and O–H groups in total. The molecule has 0 unspecified atom stereocenters. The monoisotopic (exact) mass is 242 g/mol. The fraction of sp³-hybridized carbons (Fsp3) is 0.727. The number of carbonyl (C=O) groups is 3.